The van der Waals surface area contributed by atoms with Gasteiger partial charge in [0.2, 0.25) is 0 Å². The number of nitrogens with two attached hydrogens (primary N) is 1. The molecule has 0 bridgehead atoms. The molecule has 102 valence electrons. The molecule has 1 aliphatic heterocycles. The van der Waals surface area contributed by atoms with Crippen molar-refractivity contribution in [2.24, 2.45) is 11.7 Å². The first-order valence-electron chi connectivity index (χ1n) is 7.27. The van der Waals surface area contributed by atoms with Gasteiger partial charge in [0.15, 0.2) is 0 Å². The lowest BCUT2D eigenvalue weighted by Gasteiger charge is -2.08. The SMILES string of the molecule is C1CCNCC1.CC(CCN)Cc1ccccc1. The summed E-state index contributed by atoms with van der Waals surface area (Å²) in [6.07, 6.45) is 6.49. The van der Waals surface area contributed by atoms with Gasteiger partial charge in [0, 0.05) is 0 Å². The van der Waals surface area contributed by atoms with Gasteiger partial charge in [-0.25, -0.2) is 0 Å². The van der Waals surface area contributed by atoms with Gasteiger partial charge in [-0.3, -0.25) is 0 Å². The van der Waals surface area contributed by atoms with Crippen LogP contribution in [0, 0.1) is 5.92 Å². The second-order valence-corrected chi connectivity index (χ2v) is 5.18. The number of hydrogen-bond donors (Lipinski definition) is 2. The molecular weight excluding hydrogens is 220 g/mol. The predicted molar refractivity (Wildman–Crippen MR) is 79.7 cm³/mol. The molecule has 1 atom stereocenters. The van der Waals surface area contributed by atoms with Crippen LogP contribution in [0.2, 0.25) is 0 Å². The largest absolute Gasteiger partial charge is 0.330 e. The molecule has 0 spiro atoms. The zero-order valence-corrected chi connectivity index (χ0v) is 11.7. The molecule has 1 aromatic carbocycles. The molecular formula is C16H28N2. The summed E-state index contributed by atoms with van der Waals surface area (Å²) in [5.74, 6) is 0.706. The number of hydrogen-bond acceptors (Lipinski definition) is 2. The van der Waals surface area contributed by atoms with Crippen LogP contribution in [0.25, 0.3) is 0 Å². The van der Waals surface area contributed by atoms with Gasteiger partial charge in [0.1, 0.15) is 0 Å². The van der Waals surface area contributed by atoms with E-state index in [1.54, 1.807) is 0 Å². The summed E-state index contributed by atoms with van der Waals surface area (Å²) >= 11 is 0. The van der Waals surface area contributed by atoms with Crippen LogP contribution in [-0.2, 0) is 6.42 Å². The highest BCUT2D eigenvalue weighted by molar-refractivity contribution is 5.14. The summed E-state index contributed by atoms with van der Waals surface area (Å²) in [4.78, 5) is 0. The molecule has 0 radical (unpaired) electrons. The standard InChI is InChI=1S/C11H17N.C5H11N/c1-10(7-8-12)9-11-5-3-2-4-6-11;1-2-4-6-5-3-1/h2-6,10H,7-9,12H2,1H3;6H,1-5H2. The molecule has 1 unspecified atom stereocenters. The molecule has 3 N–H and O–H groups in total. The van der Waals surface area contributed by atoms with E-state index in [0.29, 0.717) is 5.92 Å². The second-order valence-electron chi connectivity index (χ2n) is 5.18. The Morgan fingerprint density at radius 1 is 1.11 bits per heavy atom. The molecule has 0 saturated carbocycles. The van der Waals surface area contributed by atoms with Crippen molar-refractivity contribution in [1.29, 1.82) is 0 Å². The van der Waals surface area contributed by atoms with Crippen LogP contribution >= 0.6 is 0 Å². The van der Waals surface area contributed by atoms with Crippen molar-refractivity contribution in [2.45, 2.75) is 39.0 Å². The maximum absolute atomic E-state index is 5.48. The molecule has 2 rings (SSSR count). The first-order valence-corrected chi connectivity index (χ1v) is 7.27. The third-order valence-electron chi connectivity index (χ3n) is 3.29. The Hall–Kier alpha value is -0.860. The quantitative estimate of drug-likeness (QED) is 0.859. The fraction of sp³-hybridized carbons (Fsp3) is 0.625. The van der Waals surface area contributed by atoms with Crippen LogP contribution in [-0.4, -0.2) is 19.6 Å². The van der Waals surface area contributed by atoms with Crippen molar-refractivity contribution >= 4 is 0 Å². The summed E-state index contributed by atoms with van der Waals surface area (Å²) in [5, 5.41) is 3.28. The van der Waals surface area contributed by atoms with E-state index in [1.165, 1.54) is 37.9 Å². The molecule has 1 aromatic rings. The predicted octanol–water partition coefficient (Wildman–Crippen LogP) is 2.97. The fourth-order valence-corrected chi connectivity index (χ4v) is 2.20. The van der Waals surface area contributed by atoms with Gasteiger partial charge in [-0.2, -0.15) is 0 Å². The van der Waals surface area contributed by atoms with Crippen molar-refractivity contribution in [2.75, 3.05) is 19.6 Å². The van der Waals surface area contributed by atoms with Gasteiger partial charge in [-0.15, -0.1) is 0 Å². The Morgan fingerprint density at radius 2 is 1.78 bits per heavy atom. The highest BCUT2D eigenvalue weighted by atomic mass is 14.9. The van der Waals surface area contributed by atoms with E-state index < -0.39 is 0 Å². The molecule has 2 nitrogen and oxygen atoms in total. The summed E-state index contributed by atoms with van der Waals surface area (Å²) < 4.78 is 0. The van der Waals surface area contributed by atoms with E-state index in [9.17, 15) is 0 Å². The Morgan fingerprint density at radius 3 is 2.22 bits per heavy atom. The van der Waals surface area contributed by atoms with Crippen LogP contribution in [0.3, 0.4) is 0 Å². The van der Waals surface area contributed by atoms with Gasteiger partial charge >= 0.3 is 0 Å². The van der Waals surface area contributed by atoms with Crippen LogP contribution in [0.15, 0.2) is 30.3 Å². The lowest BCUT2D eigenvalue weighted by Crippen LogP contribution is -2.21. The third kappa shape index (κ3) is 7.46. The highest BCUT2D eigenvalue weighted by Gasteiger charge is 2.00. The first-order chi connectivity index (χ1) is 8.83. The average molecular weight is 248 g/mol. The minimum Gasteiger partial charge on any atom is -0.330 e. The zero-order valence-electron chi connectivity index (χ0n) is 11.7. The lowest BCUT2D eigenvalue weighted by molar-refractivity contribution is 0.520. The summed E-state index contributed by atoms with van der Waals surface area (Å²) in [5.41, 5.74) is 6.90. The van der Waals surface area contributed by atoms with Crippen LogP contribution < -0.4 is 11.1 Å². The van der Waals surface area contributed by atoms with Crippen molar-refractivity contribution in [3.8, 4) is 0 Å². The number of piperidine rings is 1. The van der Waals surface area contributed by atoms with Crippen molar-refractivity contribution in [3.05, 3.63) is 35.9 Å². The number of benzene rings is 1. The Balaban J connectivity index is 0.000000225. The minimum absolute atomic E-state index is 0.706. The highest BCUT2D eigenvalue weighted by Crippen LogP contribution is 2.10. The van der Waals surface area contributed by atoms with Gasteiger partial charge in [0.05, 0.1) is 0 Å². The first kappa shape index (κ1) is 15.2. The fourth-order valence-electron chi connectivity index (χ4n) is 2.20. The van der Waals surface area contributed by atoms with Crippen molar-refractivity contribution in [1.82, 2.24) is 5.32 Å². The Kier molecular flexibility index (Phi) is 8.53. The molecule has 0 amide bonds. The zero-order chi connectivity index (χ0) is 13.1. The van der Waals surface area contributed by atoms with E-state index in [-0.39, 0.29) is 0 Å². The Bertz CT molecular complexity index is 269. The number of nitrogens with one attached hydrogen (secondary N) is 1. The number of rotatable bonds is 4. The molecule has 2 heteroatoms. The van der Waals surface area contributed by atoms with Crippen LogP contribution in [0.5, 0.6) is 0 Å². The van der Waals surface area contributed by atoms with Gasteiger partial charge in [0.25, 0.3) is 0 Å². The molecule has 18 heavy (non-hydrogen) atoms. The maximum atomic E-state index is 5.48. The summed E-state index contributed by atoms with van der Waals surface area (Å²) in [6, 6.07) is 10.6. The maximum Gasteiger partial charge on any atom is -0.00489 e. The minimum atomic E-state index is 0.706. The van der Waals surface area contributed by atoms with Gasteiger partial charge < -0.3 is 11.1 Å². The van der Waals surface area contributed by atoms with Crippen LogP contribution in [0.1, 0.15) is 38.2 Å². The third-order valence-corrected chi connectivity index (χ3v) is 3.29. The van der Waals surface area contributed by atoms with E-state index >= 15 is 0 Å². The second kappa shape index (κ2) is 10.1. The van der Waals surface area contributed by atoms with E-state index in [4.69, 9.17) is 5.73 Å². The van der Waals surface area contributed by atoms with Crippen molar-refractivity contribution in [3.63, 3.8) is 0 Å². The normalized spacial score (nSPS) is 16.6. The molecule has 1 heterocycles. The smallest absolute Gasteiger partial charge is 0.00489 e. The summed E-state index contributed by atoms with van der Waals surface area (Å²) in [7, 11) is 0. The molecule has 0 aromatic heterocycles. The van der Waals surface area contributed by atoms with E-state index in [2.05, 4.69) is 42.6 Å². The van der Waals surface area contributed by atoms with E-state index in [1.807, 2.05) is 0 Å². The topological polar surface area (TPSA) is 38.0 Å². The summed E-state index contributed by atoms with van der Waals surface area (Å²) in [6.45, 7) is 5.55. The average Bonchev–Trinajstić information content (AvgIpc) is 2.43. The molecule has 0 aliphatic carbocycles. The molecule has 1 aliphatic rings. The van der Waals surface area contributed by atoms with Crippen LogP contribution in [0.4, 0.5) is 0 Å². The van der Waals surface area contributed by atoms with Crippen molar-refractivity contribution < 1.29 is 0 Å². The van der Waals surface area contributed by atoms with Gasteiger partial charge in [-0.05, 0) is 56.8 Å². The monoisotopic (exact) mass is 248 g/mol. The molecule has 1 fully saturated rings. The Labute approximate surface area is 112 Å². The van der Waals surface area contributed by atoms with E-state index in [0.717, 1.165) is 19.4 Å². The lowest BCUT2D eigenvalue weighted by atomic mass is 9.98. The molecule has 1 saturated heterocycles. The van der Waals surface area contributed by atoms with Gasteiger partial charge in [-0.1, -0.05) is 43.7 Å².